The maximum Gasteiger partial charge on any atom is 0.697 e. The fourth-order valence-corrected chi connectivity index (χ4v) is 1.39. The van der Waals surface area contributed by atoms with E-state index in [0.29, 0.717) is 26.2 Å². The Kier molecular flexibility index (Phi) is 12.8. The van der Waals surface area contributed by atoms with E-state index in [-0.39, 0.29) is 26.4 Å². The minimum Gasteiger partial charge on any atom is -0.395 e. The molecule has 0 aromatic heterocycles. The number of aliphatic hydroxyl groups excluding tert-OH is 2. The molecule has 0 aliphatic rings. The molecule has 0 rings (SSSR count). The molecule has 7 nitrogen and oxygen atoms in total. The number of rotatable bonds is 12. The predicted molar refractivity (Wildman–Crippen MR) is 59.4 cm³/mol. The van der Waals surface area contributed by atoms with Gasteiger partial charge in [0.05, 0.1) is 13.2 Å². The Morgan fingerprint density at radius 2 is 1.31 bits per heavy atom. The van der Waals surface area contributed by atoms with E-state index < -0.39 is 8.25 Å². The average molecular weight is 255 g/mol. The molecular weight excluding hydrogens is 235 g/mol. The Labute approximate surface area is 96.1 Å². The fraction of sp³-hybridized carbons (Fsp3) is 1.00. The highest BCUT2D eigenvalue weighted by molar-refractivity contribution is 7.33. The smallest absolute Gasteiger partial charge is 0.395 e. The van der Waals surface area contributed by atoms with Crippen LogP contribution in [0.15, 0.2) is 0 Å². The normalized spacial score (nSPS) is 10.6. The molecule has 0 atom stereocenters. The Bertz CT molecular complexity index is 157. The first-order valence-corrected chi connectivity index (χ1v) is 6.27. The van der Waals surface area contributed by atoms with Crippen LogP contribution in [0.4, 0.5) is 0 Å². The maximum atomic E-state index is 11.1. The highest BCUT2D eigenvalue weighted by atomic mass is 31.1. The third-order valence-corrected chi connectivity index (χ3v) is 2.32. The molecule has 0 aliphatic heterocycles. The quantitative estimate of drug-likeness (QED) is 0.258. The molecule has 16 heavy (non-hydrogen) atoms. The van der Waals surface area contributed by atoms with Crippen LogP contribution in [-0.2, 0) is 13.6 Å². The van der Waals surface area contributed by atoms with Crippen molar-refractivity contribution >= 4 is 8.25 Å². The molecule has 96 valence electrons. The molecule has 0 fully saturated rings. The molecule has 0 radical (unpaired) electrons. The zero-order valence-corrected chi connectivity index (χ0v) is 10.1. The average Bonchev–Trinajstić information content (AvgIpc) is 2.28. The van der Waals surface area contributed by atoms with E-state index in [1.54, 1.807) is 0 Å². The van der Waals surface area contributed by atoms with E-state index in [1.807, 2.05) is 0 Å². The molecule has 0 bridgehead atoms. The Morgan fingerprint density at radius 3 is 1.69 bits per heavy atom. The summed E-state index contributed by atoms with van der Waals surface area (Å²) in [5.74, 6) is 0. The monoisotopic (exact) mass is 255 g/mol. The van der Waals surface area contributed by atoms with Crippen molar-refractivity contribution in [3.63, 3.8) is 0 Å². The van der Waals surface area contributed by atoms with Gasteiger partial charge >= 0.3 is 8.25 Å². The second-order valence-electron chi connectivity index (χ2n) is 2.84. The lowest BCUT2D eigenvalue weighted by atomic mass is 10.6. The zero-order chi connectivity index (χ0) is 12.1. The molecule has 0 amide bonds. The Balaban J connectivity index is 3.12. The van der Waals surface area contributed by atoms with E-state index in [4.69, 9.17) is 19.3 Å². The van der Waals surface area contributed by atoms with E-state index in [2.05, 4.69) is 10.6 Å². The van der Waals surface area contributed by atoms with Gasteiger partial charge in [0.15, 0.2) is 0 Å². The van der Waals surface area contributed by atoms with Crippen molar-refractivity contribution < 1.29 is 23.8 Å². The van der Waals surface area contributed by atoms with Crippen molar-refractivity contribution in [3.05, 3.63) is 0 Å². The van der Waals surface area contributed by atoms with Gasteiger partial charge in [0.1, 0.15) is 13.2 Å². The highest BCUT2D eigenvalue weighted by Crippen LogP contribution is 2.22. The molecule has 0 aromatic carbocycles. The van der Waals surface area contributed by atoms with Crippen molar-refractivity contribution in [3.8, 4) is 0 Å². The lowest BCUT2D eigenvalue weighted by Gasteiger charge is -1.98. The van der Waals surface area contributed by atoms with Gasteiger partial charge in [-0.1, -0.05) is 0 Å². The third-order valence-electron chi connectivity index (χ3n) is 1.53. The van der Waals surface area contributed by atoms with Crippen molar-refractivity contribution in [1.82, 2.24) is 10.6 Å². The first kappa shape index (κ1) is 15.9. The van der Waals surface area contributed by atoms with Gasteiger partial charge < -0.3 is 20.8 Å². The molecular formula is C8H20N2O5P+. The Morgan fingerprint density at radius 1 is 0.875 bits per heavy atom. The summed E-state index contributed by atoms with van der Waals surface area (Å²) in [7, 11) is -2.08. The SMILES string of the molecule is O=[P+](OCCNCCO)OCCNCCO. The van der Waals surface area contributed by atoms with Crippen molar-refractivity contribution in [2.45, 2.75) is 0 Å². The molecule has 0 saturated carbocycles. The van der Waals surface area contributed by atoms with E-state index >= 15 is 0 Å². The molecule has 0 spiro atoms. The molecule has 0 aliphatic carbocycles. The van der Waals surface area contributed by atoms with Crippen LogP contribution in [0.1, 0.15) is 0 Å². The standard InChI is InChI=1S/C8H20N2O5P/c11-5-1-9-3-7-14-16(13)15-8-4-10-2-6-12/h9-12H,1-8H2/q+1. The first-order valence-electron chi connectivity index (χ1n) is 5.17. The number of aliphatic hydroxyl groups is 2. The van der Waals surface area contributed by atoms with E-state index in [9.17, 15) is 4.57 Å². The van der Waals surface area contributed by atoms with E-state index in [0.717, 1.165) is 0 Å². The van der Waals surface area contributed by atoms with Gasteiger partial charge in [-0.15, -0.1) is 9.05 Å². The summed E-state index contributed by atoms with van der Waals surface area (Å²) in [6.07, 6.45) is 0. The summed E-state index contributed by atoms with van der Waals surface area (Å²) >= 11 is 0. The van der Waals surface area contributed by atoms with Crippen LogP contribution in [0.5, 0.6) is 0 Å². The maximum absolute atomic E-state index is 11.1. The van der Waals surface area contributed by atoms with Gasteiger partial charge in [0.2, 0.25) is 0 Å². The largest absolute Gasteiger partial charge is 0.697 e. The van der Waals surface area contributed by atoms with Gasteiger partial charge in [-0.2, -0.15) is 0 Å². The van der Waals surface area contributed by atoms with Crippen LogP contribution in [0.3, 0.4) is 0 Å². The molecule has 4 N–H and O–H groups in total. The fourth-order valence-electron chi connectivity index (χ4n) is 0.830. The van der Waals surface area contributed by atoms with Crippen LogP contribution >= 0.6 is 8.25 Å². The minimum atomic E-state index is -2.08. The summed E-state index contributed by atoms with van der Waals surface area (Å²) < 4.78 is 20.8. The topological polar surface area (TPSA) is 100 Å². The van der Waals surface area contributed by atoms with Crippen LogP contribution in [0.25, 0.3) is 0 Å². The minimum absolute atomic E-state index is 0.0686. The molecule has 0 unspecified atom stereocenters. The summed E-state index contributed by atoms with van der Waals surface area (Å²) in [5.41, 5.74) is 0. The number of hydrogen-bond donors (Lipinski definition) is 4. The van der Waals surface area contributed by atoms with Crippen LogP contribution < -0.4 is 10.6 Å². The predicted octanol–water partition coefficient (Wildman–Crippen LogP) is -1.16. The zero-order valence-electron chi connectivity index (χ0n) is 9.22. The Hall–Kier alpha value is -0.140. The molecule has 0 aromatic rings. The van der Waals surface area contributed by atoms with Gasteiger partial charge in [0, 0.05) is 30.7 Å². The van der Waals surface area contributed by atoms with Crippen LogP contribution in [0.2, 0.25) is 0 Å². The lowest BCUT2D eigenvalue weighted by Crippen LogP contribution is -2.23. The van der Waals surface area contributed by atoms with Crippen molar-refractivity contribution in [2.24, 2.45) is 0 Å². The van der Waals surface area contributed by atoms with Gasteiger partial charge in [-0.25, -0.2) is 0 Å². The number of nitrogens with one attached hydrogen (secondary N) is 2. The second-order valence-corrected chi connectivity index (χ2v) is 3.80. The van der Waals surface area contributed by atoms with Crippen molar-refractivity contribution in [1.29, 1.82) is 0 Å². The summed E-state index contributed by atoms with van der Waals surface area (Å²) in [6, 6.07) is 0. The van der Waals surface area contributed by atoms with Gasteiger partial charge in [-0.05, 0) is 0 Å². The lowest BCUT2D eigenvalue weighted by molar-refractivity contribution is 0.220. The molecule has 0 heterocycles. The summed E-state index contributed by atoms with van der Waals surface area (Å²) in [4.78, 5) is 0. The van der Waals surface area contributed by atoms with Crippen LogP contribution in [-0.4, -0.2) is 62.8 Å². The summed E-state index contributed by atoms with van der Waals surface area (Å²) in [5, 5.41) is 22.7. The second kappa shape index (κ2) is 12.9. The van der Waals surface area contributed by atoms with Gasteiger partial charge in [0.25, 0.3) is 0 Å². The van der Waals surface area contributed by atoms with Crippen LogP contribution in [0, 0.1) is 0 Å². The van der Waals surface area contributed by atoms with E-state index in [1.165, 1.54) is 0 Å². The molecule has 8 heteroatoms. The van der Waals surface area contributed by atoms with Crippen molar-refractivity contribution in [2.75, 3.05) is 52.6 Å². The highest BCUT2D eigenvalue weighted by Gasteiger charge is 2.18. The molecule has 0 saturated heterocycles. The third kappa shape index (κ3) is 11.9. The number of hydrogen-bond acceptors (Lipinski definition) is 7. The first-order chi connectivity index (χ1) is 7.81. The van der Waals surface area contributed by atoms with Gasteiger partial charge in [-0.3, -0.25) is 0 Å². The summed E-state index contributed by atoms with van der Waals surface area (Å²) in [6.45, 7) is 2.72.